The van der Waals surface area contributed by atoms with Crippen molar-refractivity contribution in [1.29, 1.82) is 0 Å². The summed E-state index contributed by atoms with van der Waals surface area (Å²) in [4.78, 5) is 14.2. The molecule has 0 saturated carbocycles. The van der Waals surface area contributed by atoms with E-state index in [0.29, 0.717) is 11.7 Å². The van der Waals surface area contributed by atoms with Crippen LogP contribution >= 0.6 is 23.1 Å². The summed E-state index contributed by atoms with van der Waals surface area (Å²) in [5, 5.41) is 11.9. The maximum absolute atomic E-state index is 13.3. The number of thioether (sulfide) groups is 1. The normalized spacial score (nSPS) is 11.9. The molecule has 0 radical (unpaired) electrons. The summed E-state index contributed by atoms with van der Waals surface area (Å²) in [6.07, 6.45) is 0. The van der Waals surface area contributed by atoms with E-state index in [2.05, 4.69) is 15.5 Å². The van der Waals surface area contributed by atoms with Crippen LogP contribution in [0, 0.1) is 12.7 Å². The highest BCUT2D eigenvalue weighted by molar-refractivity contribution is 8.02. The van der Waals surface area contributed by atoms with Crippen molar-refractivity contribution in [2.24, 2.45) is 0 Å². The average Bonchev–Trinajstić information content (AvgIpc) is 3.07. The fourth-order valence-corrected chi connectivity index (χ4v) is 4.68. The number of benzene rings is 2. The van der Waals surface area contributed by atoms with Gasteiger partial charge in [0, 0.05) is 19.3 Å². The van der Waals surface area contributed by atoms with Crippen LogP contribution in [-0.2, 0) is 11.3 Å². The Kier molecular flexibility index (Phi) is 6.64. The lowest BCUT2D eigenvalue weighted by Crippen LogP contribution is -2.32. The number of hydrogen-bond donors (Lipinski definition) is 1. The first kappa shape index (κ1) is 20.3. The number of rotatable bonds is 7. The summed E-state index contributed by atoms with van der Waals surface area (Å²) < 4.78 is 14.0. The third-order valence-corrected chi connectivity index (χ3v) is 6.00. The lowest BCUT2D eigenvalue weighted by atomic mass is 10.2. The van der Waals surface area contributed by atoms with Gasteiger partial charge in [-0.2, -0.15) is 0 Å². The van der Waals surface area contributed by atoms with E-state index in [-0.39, 0.29) is 17.0 Å². The van der Waals surface area contributed by atoms with Gasteiger partial charge in [0.05, 0.1) is 5.25 Å². The molecule has 28 heavy (non-hydrogen) atoms. The minimum atomic E-state index is -0.321. The number of aromatic nitrogens is 2. The smallest absolute Gasteiger partial charge is 0.235 e. The number of hydrogen-bond acceptors (Lipinski definition) is 6. The molecule has 0 saturated heterocycles. The van der Waals surface area contributed by atoms with Crippen LogP contribution in [-0.4, -0.2) is 33.3 Å². The van der Waals surface area contributed by atoms with Gasteiger partial charge in [-0.15, -0.1) is 10.2 Å². The molecule has 0 aliphatic carbocycles. The number of aryl methyl sites for hydroxylation is 1. The molecule has 1 aromatic heterocycles. The van der Waals surface area contributed by atoms with Gasteiger partial charge < -0.3 is 10.2 Å². The molecule has 3 rings (SSSR count). The van der Waals surface area contributed by atoms with Crippen LogP contribution < -0.4 is 5.32 Å². The second kappa shape index (κ2) is 9.16. The molecule has 0 aliphatic heterocycles. The standard InChI is InChI=1S/C20H21FN4OS2/c1-13-6-4-9-17(10-13)22-19-23-24-20(28-19)27-14(2)18(26)25(3)12-15-7-5-8-16(21)11-15/h4-11,14H,12H2,1-3H3,(H,22,23)/t14-/m1/s1. The molecule has 2 aromatic carbocycles. The van der Waals surface area contributed by atoms with Crippen molar-refractivity contribution < 1.29 is 9.18 Å². The molecule has 1 N–H and O–H groups in total. The second-order valence-electron chi connectivity index (χ2n) is 6.45. The lowest BCUT2D eigenvalue weighted by Gasteiger charge is -2.20. The van der Waals surface area contributed by atoms with Crippen molar-refractivity contribution >= 4 is 39.8 Å². The summed E-state index contributed by atoms with van der Waals surface area (Å²) in [7, 11) is 1.72. The topological polar surface area (TPSA) is 58.1 Å². The molecule has 0 bridgehead atoms. The van der Waals surface area contributed by atoms with Gasteiger partial charge in [0.25, 0.3) is 0 Å². The van der Waals surface area contributed by atoms with Gasteiger partial charge in [-0.25, -0.2) is 4.39 Å². The first-order valence-electron chi connectivity index (χ1n) is 8.74. The Bertz CT molecular complexity index is 963. The fraction of sp³-hybridized carbons (Fsp3) is 0.250. The second-order valence-corrected chi connectivity index (χ2v) is 9.02. The number of nitrogens with one attached hydrogen (secondary N) is 1. The molecule has 1 heterocycles. The molecule has 3 aromatic rings. The predicted octanol–water partition coefficient (Wildman–Crippen LogP) is 4.87. The molecular formula is C20H21FN4OS2. The van der Waals surface area contributed by atoms with Crippen LogP contribution in [0.25, 0.3) is 0 Å². The van der Waals surface area contributed by atoms with Gasteiger partial charge >= 0.3 is 0 Å². The summed E-state index contributed by atoms with van der Waals surface area (Å²) in [6, 6.07) is 14.3. The van der Waals surface area contributed by atoms with Crippen LogP contribution in [0.2, 0.25) is 0 Å². The first-order valence-corrected chi connectivity index (χ1v) is 10.4. The Morgan fingerprint density at radius 3 is 2.79 bits per heavy atom. The molecule has 8 heteroatoms. The largest absolute Gasteiger partial charge is 0.340 e. The summed E-state index contributed by atoms with van der Waals surface area (Å²) in [6.45, 7) is 4.22. The van der Waals surface area contributed by atoms with E-state index in [1.807, 2.05) is 38.1 Å². The van der Waals surface area contributed by atoms with Crippen molar-refractivity contribution in [3.8, 4) is 0 Å². The highest BCUT2D eigenvalue weighted by Gasteiger charge is 2.21. The van der Waals surface area contributed by atoms with E-state index >= 15 is 0 Å². The van der Waals surface area contributed by atoms with E-state index in [0.717, 1.165) is 21.2 Å². The lowest BCUT2D eigenvalue weighted by molar-refractivity contribution is -0.129. The minimum absolute atomic E-state index is 0.0438. The molecule has 1 atom stereocenters. The van der Waals surface area contributed by atoms with Crippen LogP contribution in [0.5, 0.6) is 0 Å². The van der Waals surface area contributed by atoms with Crippen LogP contribution in [0.4, 0.5) is 15.2 Å². The molecule has 0 fully saturated rings. The third kappa shape index (κ3) is 5.53. The van der Waals surface area contributed by atoms with Crippen LogP contribution in [0.15, 0.2) is 52.9 Å². The molecule has 0 spiro atoms. The zero-order chi connectivity index (χ0) is 20.1. The number of carbonyl (C=O) groups excluding carboxylic acids is 1. The predicted molar refractivity (Wildman–Crippen MR) is 113 cm³/mol. The summed E-state index contributed by atoms with van der Waals surface area (Å²) in [5.41, 5.74) is 2.87. The highest BCUT2D eigenvalue weighted by Crippen LogP contribution is 2.31. The van der Waals surface area contributed by atoms with Gasteiger partial charge in [-0.3, -0.25) is 4.79 Å². The highest BCUT2D eigenvalue weighted by atomic mass is 32.2. The zero-order valence-corrected chi connectivity index (χ0v) is 17.5. The Balaban J connectivity index is 1.57. The zero-order valence-electron chi connectivity index (χ0n) is 15.8. The van der Waals surface area contributed by atoms with Gasteiger partial charge in [0.1, 0.15) is 5.82 Å². The number of amides is 1. The van der Waals surface area contributed by atoms with Gasteiger partial charge in [-0.05, 0) is 49.2 Å². The first-order chi connectivity index (χ1) is 13.4. The number of nitrogens with zero attached hydrogens (tertiary/aromatic N) is 3. The Labute approximate surface area is 172 Å². The van der Waals surface area contributed by atoms with Gasteiger partial charge in [-0.1, -0.05) is 47.4 Å². The van der Waals surface area contributed by atoms with Crippen molar-refractivity contribution in [2.75, 3.05) is 12.4 Å². The molecular weight excluding hydrogens is 395 g/mol. The Morgan fingerprint density at radius 1 is 1.25 bits per heavy atom. The average molecular weight is 417 g/mol. The van der Waals surface area contributed by atoms with Gasteiger partial charge in [0.15, 0.2) is 4.34 Å². The Hall–Kier alpha value is -2.45. The van der Waals surface area contributed by atoms with Crippen LogP contribution in [0.1, 0.15) is 18.1 Å². The quantitative estimate of drug-likeness (QED) is 0.557. The van der Waals surface area contributed by atoms with E-state index in [9.17, 15) is 9.18 Å². The molecule has 1 amide bonds. The molecule has 0 aliphatic rings. The maximum atomic E-state index is 13.3. The monoisotopic (exact) mass is 416 g/mol. The number of carbonyl (C=O) groups is 1. The number of anilines is 2. The number of halogens is 1. The van der Waals surface area contributed by atoms with E-state index in [4.69, 9.17) is 0 Å². The van der Waals surface area contributed by atoms with Crippen LogP contribution in [0.3, 0.4) is 0 Å². The van der Waals surface area contributed by atoms with Crippen molar-refractivity contribution in [3.63, 3.8) is 0 Å². The van der Waals surface area contributed by atoms with Crippen molar-refractivity contribution in [3.05, 3.63) is 65.5 Å². The SMILES string of the molecule is Cc1cccc(Nc2nnc(S[C@H](C)C(=O)N(C)Cc3cccc(F)c3)s2)c1. The van der Waals surface area contributed by atoms with E-state index in [1.165, 1.54) is 35.2 Å². The third-order valence-electron chi connectivity index (χ3n) is 3.99. The molecule has 146 valence electrons. The van der Waals surface area contributed by atoms with Crippen molar-refractivity contribution in [1.82, 2.24) is 15.1 Å². The minimum Gasteiger partial charge on any atom is -0.340 e. The van der Waals surface area contributed by atoms with Crippen molar-refractivity contribution in [2.45, 2.75) is 30.0 Å². The Morgan fingerprint density at radius 2 is 2.04 bits per heavy atom. The summed E-state index contributed by atoms with van der Waals surface area (Å²) >= 11 is 2.77. The fourth-order valence-electron chi connectivity index (χ4n) is 2.65. The van der Waals surface area contributed by atoms with E-state index < -0.39 is 0 Å². The molecule has 5 nitrogen and oxygen atoms in total. The maximum Gasteiger partial charge on any atom is 0.235 e. The summed E-state index contributed by atoms with van der Waals surface area (Å²) in [5.74, 6) is -0.346. The molecule has 0 unspecified atom stereocenters. The van der Waals surface area contributed by atoms with Gasteiger partial charge in [0.2, 0.25) is 11.0 Å². The van der Waals surface area contributed by atoms with E-state index in [1.54, 1.807) is 24.1 Å².